The van der Waals surface area contributed by atoms with Crippen LogP contribution in [0.5, 0.6) is 0 Å². The zero-order valence-corrected chi connectivity index (χ0v) is 11.2. The molecule has 3 rings (SSSR count). The topological polar surface area (TPSA) is 46.0 Å². The molecule has 1 N–H and O–H groups in total. The number of benzene rings is 1. The quantitative estimate of drug-likeness (QED) is 0.903. The van der Waals surface area contributed by atoms with Crippen molar-refractivity contribution in [2.45, 2.75) is 19.4 Å². The molecule has 5 heteroatoms. The largest absolute Gasteiger partial charge is 0.372 e. The highest BCUT2D eigenvalue weighted by Crippen LogP contribution is 2.21. The zero-order chi connectivity index (χ0) is 13.1. The van der Waals surface area contributed by atoms with Gasteiger partial charge in [-0.05, 0) is 44.2 Å². The number of aromatic nitrogens is 3. The van der Waals surface area contributed by atoms with E-state index in [9.17, 15) is 0 Å². The maximum Gasteiger partial charge on any atom is 0.151 e. The molecule has 100 valence electrons. The van der Waals surface area contributed by atoms with Crippen molar-refractivity contribution in [3.05, 3.63) is 36.4 Å². The van der Waals surface area contributed by atoms with Crippen LogP contribution in [0.2, 0.25) is 0 Å². The fourth-order valence-electron chi connectivity index (χ4n) is 2.55. The van der Waals surface area contributed by atoms with Gasteiger partial charge in [-0.3, -0.25) is 4.57 Å². The van der Waals surface area contributed by atoms with E-state index < -0.39 is 0 Å². The molecule has 2 heterocycles. The van der Waals surface area contributed by atoms with Crippen molar-refractivity contribution in [2.24, 2.45) is 0 Å². The van der Waals surface area contributed by atoms with Crippen molar-refractivity contribution < 1.29 is 0 Å². The van der Waals surface area contributed by atoms with Crippen molar-refractivity contribution in [3.63, 3.8) is 0 Å². The third-order valence-electron chi connectivity index (χ3n) is 3.55. The maximum atomic E-state index is 4.12. The number of nitrogens with zero attached hydrogens (tertiary/aromatic N) is 4. The van der Waals surface area contributed by atoms with Gasteiger partial charge in [0, 0.05) is 24.5 Å². The molecule has 1 aromatic carbocycles. The van der Waals surface area contributed by atoms with Gasteiger partial charge < -0.3 is 10.2 Å². The standard InChI is InChI=1S/C14H19N5/c1-15-10-14-17-16-11-19(14)13-6-4-12(5-7-13)18-8-2-3-9-18/h4-7,11,15H,2-3,8-10H2,1H3. The summed E-state index contributed by atoms with van der Waals surface area (Å²) in [6, 6.07) is 8.64. The summed E-state index contributed by atoms with van der Waals surface area (Å²) in [5, 5.41) is 11.2. The summed E-state index contributed by atoms with van der Waals surface area (Å²) in [7, 11) is 1.91. The molecule has 1 aliphatic rings. The van der Waals surface area contributed by atoms with Crippen molar-refractivity contribution in [2.75, 3.05) is 25.0 Å². The van der Waals surface area contributed by atoms with Crippen LogP contribution in [-0.4, -0.2) is 34.9 Å². The first kappa shape index (κ1) is 12.2. The first-order chi connectivity index (χ1) is 9.38. The summed E-state index contributed by atoms with van der Waals surface area (Å²) >= 11 is 0. The molecule has 0 radical (unpaired) electrons. The molecule has 1 aliphatic heterocycles. The smallest absolute Gasteiger partial charge is 0.151 e. The molecule has 0 spiro atoms. The fourth-order valence-corrected chi connectivity index (χ4v) is 2.55. The number of rotatable bonds is 4. The van der Waals surface area contributed by atoms with E-state index in [1.165, 1.54) is 31.6 Å². The Morgan fingerprint density at radius 1 is 1.11 bits per heavy atom. The van der Waals surface area contributed by atoms with Crippen LogP contribution < -0.4 is 10.2 Å². The van der Waals surface area contributed by atoms with E-state index >= 15 is 0 Å². The predicted octanol–water partition coefficient (Wildman–Crippen LogP) is 1.59. The van der Waals surface area contributed by atoms with Crippen LogP contribution in [0.1, 0.15) is 18.7 Å². The monoisotopic (exact) mass is 257 g/mol. The molecule has 1 aromatic heterocycles. The van der Waals surface area contributed by atoms with Crippen molar-refractivity contribution in [3.8, 4) is 5.69 Å². The first-order valence-corrected chi connectivity index (χ1v) is 6.77. The van der Waals surface area contributed by atoms with Crippen LogP contribution in [0.3, 0.4) is 0 Å². The van der Waals surface area contributed by atoms with E-state index in [4.69, 9.17) is 0 Å². The SMILES string of the molecule is CNCc1nncn1-c1ccc(N2CCCC2)cc1. The van der Waals surface area contributed by atoms with Crippen LogP contribution in [0.4, 0.5) is 5.69 Å². The Kier molecular flexibility index (Phi) is 3.46. The summed E-state index contributed by atoms with van der Waals surface area (Å²) in [6.45, 7) is 3.07. The lowest BCUT2D eigenvalue weighted by atomic mass is 10.2. The summed E-state index contributed by atoms with van der Waals surface area (Å²) in [5.74, 6) is 0.927. The van der Waals surface area contributed by atoms with Gasteiger partial charge in [-0.1, -0.05) is 0 Å². The van der Waals surface area contributed by atoms with Gasteiger partial charge in [0.25, 0.3) is 0 Å². The Bertz CT molecular complexity index is 525. The summed E-state index contributed by atoms with van der Waals surface area (Å²) in [5.41, 5.74) is 2.42. The fraction of sp³-hybridized carbons (Fsp3) is 0.429. The molecular formula is C14H19N5. The normalized spacial score (nSPS) is 15.1. The van der Waals surface area contributed by atoms with Gasteiger partial charge in [0.2, 0.25) is 0 Å². The van der Waals surface area contributed by atoms with E-state index in [0.29, 0.717) is 6.54 Å². The highest BCUT2D eigenvalue weighted by Gasteiger charge is 2.12. The van der Waals surface area contributed by atoms with Crippen LogP contribution in [0, 0.1) is 0 Å². The van der Waals surface area contributed by atoms with E-state index in [1.54, 1.807) is 6.33 Å². The predicted molar refractivity (Wildman–Crippen MR) is 75.6 cm³/mol. The molecule has 0 bridgehead atoms. The van der Waals surface area contributed by atoms with Gasteiger partial charge in [0.05, 0.1) is 6.54 Å². The third-order valence-corrected chi connectivity index (χ3v) is 3.55. The van der Waals surface area contributed by atoms with E-state index in [0.717, 1.165) is 11.5 Å². The van der Waals surface area contributed by atoms with Crippen molar-refractivity contribution >= 4 is 5.69 Å². The number of hydrogen-bond acceptors (Lipinski definition) is 4. The second kappa shape index (κ2) is 5.40. The van der Waals surface area contributed by atoms with Gasteiger partial charge in [-0.25, -0.2) is 0 Å². The number of nitrogens with one attached hydrogen (secondary N) is 1. The molecule has 0 unspecified atom stereocenters. The van der Waals surface area contributed by atoms with E-state index in [1.807, 2.05) is 11.6 Å². The molecule has 19 heavy (non-hydrogen) atoms. The van der Waals surface area contributed by atoms with Crippen LogP contribution in [-0.2, 0) is 6.54 Å². The second-order valence-electron chi connectivity index (χ2n) is 4.86. The minimum Gasteiger partial charge on any atom is -0.372 e. The zero-order valence-electron chi connectivity index (χ0n) is 11.2. The van der Waals surface area contributed by atoms with Gasteiger partial charge in [0.1, 0.15) is 6.33 Å². The van der Waals surface area contributed by atoms with Gasteiger partial charge in [0.15, 0.2) is 5.82 Å². The molecule has 5 nitrogen and oxygen atoms in total. The lowest BCUT2D eigenvalue weighted by molar-refractivity contribution is 0.737. The number of anilines is 1. The lowest BCUT2D eigenvalue weighted by Gasteiger charge is -2.18. The molecule has 0 atom stereocenters. The summed E-state index contributed by atoms with van der Waals surface area (Å²) < 4.78 is 2.02. The first-order valence-electron chi connectivity index (χ1n) is 6.77. The summed E-state index contributed by atoms with van der Waals surface area (Å²) in [4.78, 5) is 2.43. The van der Waals surface area contributed by atoms with Gasteiger partial charge in [-0.15, -0.1) is 10.2 Å². The Labute approximate surface area is 113 Å². The molecule has 0 saturated carbocycles. The molecule has 0 aliphatic carbocycles. The van der Waals surface area contributed by atoms with Crippen LogP contribution in [0.25, 0.3) is 5.69 Å². The molecule has 0 amide bonds. The lowest BCUT2D eigenvalue weighted by Crippen LogP contribution is -2.17. The summed E-state index contributed by atoms with van der Waals surface area (Å²) in [6.07, 6.45) is 4.37. The Morgan fingerprint density at radius 3 is 2.47 bits per heavy atom. The maximum absolute atomic E-state index is 4.12. The van der Waals surface area contributed by atoms with Crippen LogP contribution in [0.15, 0.2) is 30.6 Å². The molecule has 2 aromatic rings. The Hall–Kier alpha value is -1.88. The Morgan fingerprint density at radius 2 is 1.79 bits per heavy atom. The van der Waals surface area contributed by atoms with E-state index in [2.05, 4.69) is 44.7 Å². The van der Waals surface area contributed by atoms with Crippen molar-refractivity contribution in [1.82, 2.24) is 20.1 Å². The highest BCUT2D eigenvalue weighted by molar-refractivity contribution is 5.51. The van der Waals surface area contributed by atoms with Gasteiger partial charge >= 0.3 is 0 Å². The van der Waals surface area contributed by atoms with Gasteiger partial charge in [-0.2, -0.15) is 0 Å². The third kappa shape index (κ3) is 2.46. The Balaban J connectivity index is 1.83. The highest BCUT2D eigenvalue weighted by atomic mass is 15.3. The molecular weight excluding hydrogens is 238 g/mol. The minimum absolute atomic E-state index is 0.716. The molecule has 1 saturated heterocycles. The second-order valence-corrected chi connectivity index (χ2v) is 4.86. The minimum atomic E-state index is 0.716. The molecule has 1 fully saturated rings. The van der Waals surface area contributed by atoms with Crippen LogP contribution >= 0.6 is 0 Å². The van der Waals surface area contributed by atoms with Crippen molar-refractivity contribution in [1.29, 1.82) is 0 Å². The average molecular weight is 257 g/mol. The van der Waals surface area contributed by atoms with E-state index in [-0.39, 0.29) is 0 Å². The number of hydrogen-bond donors (Lipinski definition) is 1. The average Bonchev–Trinajstić information content (AvgIpc) is 3.10.